The van der Waals surface area contributed by atoms with Crippen molar-refractivity contribution in [3.63, 3.8) is 0 Å². The number of carbonyl (C=O) groups is 1. The minimum Gasteiger partial charge on any atom is -0.493 e. The highest BCUT2D eigenvalue weighted by Crippen LogP contribution is 2.27. The number of piperazine rings is 1. The van der Waals surface area contributed by atoms with E-state index in [4.69, 9.17) is 4.74 Å². The Bertz CT molecular complexity index is 796. The zero-order chi connectivity index (χ0) is 18.7. The van der Waals surface area contributed by atoms with E-state index in [0.29, 0.717) is 30.0 Å². The van der Waals surface area contributed by atoms with Gasteiger partial charge in [0.05, 0.1) is 12.3 Å². The maximum Gasteiger partial charge on any atom is 0.339 e. The summed E-state index contributed by atoms with van der Waals surface area (Å²) >= 11 is 0. The van der Waals surface area contributed by atoms with Gasteiger partial charge in [0.1, 0.15) is 11.3 Å². The molecule has 0 radical (unpaired) electrons. The summed E-state index contributed by atoms with van der Waals surface area (Å²) < 4.78 is 5.40. The first-order valence-electron chi connectivity index (χ1n) is 8.78. The number of ether oxygens (including phenoxy) is 1. The molecule has 26 heavy (non-hydrogen) atoms. The monoisotopic (exact) mass is 356 g/mol. The molecule has 7 nitrogen and oxygen atoms in total. The third-order valence-corrected chi connectivity index (χ3v) is 4.69. The predicted octanol–water partition coefficient (Wildman–Crippen LogP) is 2.38. The molecule has 0 aliphatic carbocycles. The van der Waals surface area contributed by atoms with Gasteiger partial charge >= 0.3 is 5.97 Å². The second-order valence-corrected chi connectivity index (χ2v) is 6.47. The Labute approximate surface area is 153 Å². The number of aromatic nitrogens is 2. The zero-order valence-corrected chi connectivity index (χ0v) is 15.3. The fourth-order valence-electron chi connectivity index (χ4n) is 3.03. The number of aromatic carboxylic acids is 1. The Kier molecular flexibility index (Phi) is 5.37. The lowest BCUT2D eigenvalue weighted by Crippen LogP contribution is -2.50. The van der Waals surface area contributed by atoms with Crippen molar-refractivity contribution in [2.24, 2.45) is 0 Å². The summed E-state index contributed by atoms with van der Waals surface area (Å²) in [6.45, 7) is 7.12. The maximum atomic E-state index is 11.5. The number of carboxylic acids is 1. The van der Waals surface area contributed by atoms with Crippen molar-refractivity contribution in [3.8, 4) is 17.0 Å². The molecule has 2 aromatic rings. The van der Waals surface area contributed by atoms with Gasteiger partial charge in [-0.15, -0.1) is 0 Å². The van der Waals surface area contributed by atoms with Crippen molar-refractivity contribution in [3.05, 3.63) is 36.0 Å². The van der Waals surface area contributed by atoms with Crippen molar-refractivity contribution < 1.29 is 14.6 Å². The predicted molar refractivity (Wildman–Crippen MR) is 99.9 cm³/mol. The second kappa shape index (κ2) is 7.70. The molecule has 3 rings (SSSR count). The van der Waals surface area contributed by atoms with E-state index in [1.165, 1.54) is 0 Å². The smallest absolute Gasteiger partial charge is 0.339 e. The summed E-state index contributed by atoms with van der Waals surface area (Å²) in [6.07, 6.45) is 1.72. The summed E-state index contributed by atoms with van der Waals surface area (Å²) in [4.78, 5) is 25.1. The highest BCUT2D eigenvalue weighted by Gasteiger charge is 2.23. The van der Waals surface area contributed by atoms with Gasteiger partial charge in [0.2, 0.25) is 5.95 Å². The summed E-state index contributed by atoms with van der Waals surface area (Å²) in [5.74, 6) is 0.0246. The van der Waals surface area contributed by atoms with Crippen LogP contribution in [0.4, 0.5) is 5.95 Å². The molecule has 1 aromatic heterocycles. The lowest BCUT2D eigenvalue weighted by atomic mass is 10.1. The van der Waals surface area contributed by atoms with Gasteiger partial charge in [0, 0.05) is 37.4 Å². The van der Waals surface area contributed by atoms with E-state index in [0.717, 1.165) is 25.2 Å². The Balaban J connectivity index is 1.90. The molecule has 1 atom stereocenters. The quantitative estimate of drug-likeness (QED) is 0.881. The van der Waals surface area contributed by atoms with Gasteiger partial charge in [-0.3, -0.25) is 0 Å². The molecule has 1 aromatic carbocycles. The molecule has 1 fully saturated rings. The first-order chi connectivity index (χ1) is 12.5. The lowest BCUT2D eigenvalue weighted by molar-refractivity contribution is 0.0692. The van der Waals surface area contributed by atoms with Crippen LogP contribution in [0, 0.1) is 0 Å². The van der Waals surface area contributed by atoms with Crippen LogP contribution >= 0.6 is 0 Å². The molecule has 1 aliphatic heterocycles. The number of carboxylic acid groups (broad SMARTS) is 1. The summed E-state index contributed by atoms with van der Waals surface area (Å²) in [6, 6.07) is 7.34. The van der Waals surface area contributed by atoms with Gasteiger partial charge in [0.15, 0.2) is 0 Å². The molecular weight excluding hydrogens is 332 g/mol. The van der Waals surface area contributed by atoms with Crippen LogP contribution in [-0.4, -0.2) is 65.3 Å². The Morgan fingerprint density at radius 2 is 2.15 bits per heavy atom. The highest BCUT2D eigenvalue weighted by molar-refractivity contribution is 5.92. The van der Waals surface area contributed by atoms with Gasteiger partial charge in [-0.05, 0) is 45.2 Å². The Hall–Kier alpha value is -2.67. The van der Waals surface area contributed by atoms with Crippen LogP contribution in [0.5, 0.6) is 5.75 Å². The molecule has 0 bridgehead atoms. The van der Waals surface area contributed by atoms with Crippen LogP contribution in [0.15, 0.2) is 30.5 Å². The van der Waals surface area contributed by atoms with E-state index in [1.807, 2.05) is 13.0 Å². The van der Waals surface area contributed by atoms with Crippen molar-refractivity contribution in [2.45, 2.75) is 19.9 Å². The molecule has 1 saturated heterocycles. The molecule has 0 spiro atoms. The standard InChI is InChI=1S/C19H24N4O3/c1-4-26-17-6-5-14(11-15(17)18(24)25)16-7-8-20-19(21-16)23-10-9-22(3)13(2)12-23/h5-8,11,13H,4,9-10,12H2,1-3H3,(H,24,25)/t13-/m1/s1. The van der Waals surface area contributed by atoms with Crippen molar-refractivity contribution in [1.29, 1.82) is 0 Å². The minimum atomic E-state index is -1.02. The SMILES string of the molecule is CCOc1ccc(-c2ccnc(N3CCN(C)[C@H](C)C3)n2)cc1C(=O)O. The first-order valence-corrected chi connectivity index (χ1v) is 8.78. The van der Waals surface area contributed by atoms with Crippen molar-refractivity contribution in [1.82, 2.24) is 14.9 Å². The van der Waals surface area contributed by atoms with Crippen molar-refractivity contribution in [2.75, 3.05) is 38.2 Å². The average Bonchev–Trinajstić information content (AvgIpc) is 2.64. The van der Waals surface area contributed by atoms with Gasteiger partial charge in [-0.25, -0.2) is 14.8 Å². The van der Waals surface area contributed by atoms with Crippen LogP contribution in [0.25, 0.3) is 11.3 Å². The van der Waals surface area contributed by atoms with E-state index in [-0.39, 0.29) is 5.56 Å². The zero-order valence-electron chi connectivity index (χ0n) is 15.3. The normalized spacial score (nSPS) is 18.0. The molecule has 1 N–H and O–H groups in total. The van der Waals surface area contributed by atoms with E-state index in [9.17, 15) is 9.90 Å². The number of rotatable bonds is 5. The van der Waals surface area contributed by atoms with E-state index in [2.05, 4.69) is 33.7 Å². The van der Waals surface area contributed by atoms with Crippen LogP contribution in [0.3, 0.4) is 0 Å². The fourth-order valence-corrected chi connectivity index (χ4v) is 3.03. The largest absolute Gasteiger partial charge is 0.493 e. The molecule has 138 valence electrons. The summed E-state index contributed by atoms with van der Waals surface area (Å²) in [5, 5.41) is 9.45. The minimum absolute atomic E-state index is 0.137. The third-order valence-electron chi connectivity index (χ3n) is 4.69. The summed E-state index contributed by atoms with van der Waals surface area (Å²) in [5.41, 5.74) is 1.57. The molecule has 0 saturated carbocycles. The summed E-state index contributed by atoms with van der Waals surface area (Å²) in [7, 11) is 2.12. The number of benzene rings is 1. The average molecular weight is 356 g/mol. The number of nitrogens with zero attached hydrogens (tertiary/aromatic N) is 4. The van der Waals surface area contributed by atoms with E-state index in [1.54, 1.807) is 24.4 Å². The molecule has 0 amide bonds. The van der Waals surface area contributed by atoms with Crippen LogP contribution in [0.2, 0.25) is 0 Å². The molecule has 1 aliphatic rings. The van der Waals surface area contributed by atoms with Gasteiger partial charge < -0.3 is 19.6 Å². The Morgan fingerprint density at radius 3 is 2.85 bits per heavy atom. The maximum absolute atomic E-state index is 11.5. The Morgan fingerprint density at radius 1 is 1.35 bits per heavy atom. The van der Waals surface area contributed by atoms with E-state index >= 15 is 0 Å². The van der Waals surface area contributed by atoms with Crippen LogP contribution in [-0.2, 0) is 0 Å². The molecular formula is C19H24N4O3. The highest BCUT2D eigenvalue weighted by atomic mass is 16.5. The molecule has 7 heteroatoms. The topological polar surface area (TPSA) is 78.8 Å². The number of hydrogen-bond acceptors (Lipinski definition) is 6. The molecule has 2 heterocycles. The second-order valence-electron chi connectivity index (χ2n) is 6.47. The van der Waals surface area contributed by atoms with Gasteiger partial charge in [0.25, 0.3) is 0 Å². The lowest BCUT2D eigenvalue weighted by Gasteiger charge is -2.37. The fraction of sp³-hybridized carbons (Fsp3) is 0.421. The molecule has 0 unspecified atom stereocenters. The number of likely N-dealkylation sites (N-methyl/N-ethyl adjacent to an activating group) is 1. The van der Waals surface area contributed by atoms with Crippen molar-refractivity contribution >= 4 is 11.9 Å². The number of anilines is 1. The van der Waals surface area contributed by atoms with E-state index < -0.39 is 5.97 Å². The van der Waals surface area contributed by atoms with Crippen LogP contribution in [0.1, 0.15) is 24.2 Å². The van der Waals surface area contributed by atoms with Gasteiger partial charge in [-0.2, -0.15) is 0 Å². The van der Waals surface area contributed by atoms with Crippen LogP contribution < -0.4 is 9.64 Å². The third kappa shape index (κ3) is 3.77. The number of hydrogen-bond donors (Lipinski definition) is 1. The first kappa shape index (κ1) is 18.1. The van der Waals surface area contributed by atoms with Gasteiger partial charge in [-0.1, -0.05) is 0 Å².